The summed E-state index contributed by atoms with van der Waals surface area (Å²) in [6.45, 7) is 2.09. The largest absolute Gasteiger partial charge is 0.378 e. The summed E-state index contributed by atoms with van der Waals surface area (Å²) in [4.78, 5) is 0. The first-order valence-corrected chi connectivity index (χ1v) is 7.96. The molecule has 3 aromatic rings. The minimum atomic E-state index is 0.121. The molecular weight excluding hydrogens is 309 g/mol. The molecular formula is C16H13Cl2NS. The predicted octanol–water partition coefficient (Wildman–Crippen LogP) is 6.38. The minimum absolute atomic E-state index is 0.121. The van der Waals surface area contributed by atoms with Crippen molar-refractivity contribution in [1.82, 2.24) is 0 Å². The van der Waals surface area contributed by atoms with Gasteiger partial charge in [0, 0.05) is 26.5 Å². The molecule has 1 heterocycles. The molecule has 1 unspecified atom stereocenters. The first-order valence-electron chi connectivity index (χ1n) is 6.32. The zero-order valence-corrected chi connectivity index (χ0v) is 13.2. The Hall–Kier alpha value is -1.22. The highest BCUT2D eigenvalue weighted by Crippen LogP contribution is 2.30. The molecule has 1 N–H and O–H groups in total. The summed E-state index contributed by atoms with van der Waals surface area (Å²) in [7, 11) is 0. The van der Waals surface area contributed by atoms with Crippen LogP contribution in [-0.2, 0) is 0 Å². The maximum atomic E-state index is 6.25. The van der Waals surface area contributed by atoms with E-state index in [-0.39, 0.29) is 6.04 Å². The molecule has 1 aromatic heterocycles. The van der Waals surface area contributed by atoms with Gasteiger partial charge in [-0.1, -0.05) is 29.3 Å². The molecule has 4 heteroatoms. The number of benzene rings is 2. The smallest absolute Gasteiger partial charge is 0.0500 e. The van der Waals surface area contributed by atoms with E-state index in [1.54, 1.807) is 17.4 Å². The Kier molecular flexibility index (Phi) is 3.88. The van der Waals surface area contributed by atoms with Gasteiger partial charge >= 0.3 is 0 Å². The average Bonchev–Trinajstić information content (AvgIpc) is 2.85. The van der Waals surface area contributed by atoms with E-state index >= 15 is 0 Å². The molecule has 0 fully saturated rings. The molecule has 1 atom stereocenters. The fourth-order valence-electron chi connectivity index (χ4n) is 2.24. The van der Waals surface area contributed by atoms with E-state index < -0.39 is 0 Å². The molecule has 1 nitrogen and oxygen atoms in total. The normalized spacial score (nSPS) is 12.6. The molecule has 20 heavy (non-hydrogen) atoms. The molecule has 0 aliphatic rings. The third-order valence-corrected chi connectivity index (χ3v) is 4.72. The van der Waals surface area contributed by atoms with Crippen molar-refractivity contribution >= 4 is 50.3 Å². The lowest BCUT2D eigenvalue weighted by Gasteiger charge is -2.17. The monoisotopic (exact) mass is 321 g/mol. The molecule has 0 bridgehead atoms. The van der Waals surface area contributed by atoms with Crippen LogP contribution in [0.1, 0.15) is 18.5 Å². The Balaban J connectivity index is 1.85. The van der Waals surface area contributed by atoms with E-state index in [4.69, 9.17) is 23.2 Å². The van der Waals surface area contributed by atoms with E-state index in [1.165, 1.54) is 10.1 Å². The SMILES string of the molecule is CC(Nc1ccc2sccc2c1)c1ccc(Cl)cc1Cl. The maximum absolute atomic E-state index is 6.25. The maximum Gasteiger partial charge on any atom is 0.0500 e. The van der Waals surface area contributed by atoms with Gasteiger partial charge < -0.3 is 5.32 Å². The van der Waals surface area contributed by atoms with Gasteiger partial charge in [0.2, 0.25) is 0 Å². The Bertz CT molecular complexity index is 751. The molecule has 0 aliphatic heterocycles. The fourth-order valence-corrected chi connectivity index (χ4v) is 3.58. The van der Waals surface area contributed by atoms with Gasteiger partial charge in [-0.2, -0.15) is 0 Å². The highest BCUT2D eigenvalue weighted by atomic mass is 35.5. The van der Waals surface area contributed by atoms with Gasteiger partial charge in [0.05, 0.1) is 0 Å². The summed E-state index contributed by atoms with van der Waals surface area (Å²) in [5.74, 6) is 0. The van der Waals surface area contributed by atoms with Crippen molar-refractivity contribution in [1.29, 1.82) is 0 Å². The number of thiophene rings is 1. The van der Waals surface area contributed by atoms with Gasteiger partial charge in [-0.3, -0.25) is 0 Å². The molecule has 3 rings (SSSR count). The second-order valence-corrected chi connectivity index (χ2v) is 6.50. The number of hydrogen-bond acceptors (Lipinski definition) is 2. The van der Waals surface area contributed by atoms with Gasteiger partial charge in [0.15, 0.2) is 0 Å². The molecule has 102 valence electrons. The van der Waals surface area contributed by atoms with Crippen molar-refractivity contribution in [3.05, 3.63) is 63.5 Å². The Labute approximate surface area is 132 Å². The molecule has 0 amide bonds. The second kappa shape index (κ2) is 5.65. The average molecular weight is 322 g/mol. The van der Waals surface area contributed by atoms with Crippen LogP contribution in [0.2, 0.25) is 10.0 Å². The van der Waals surface area contributed by atoms with E-state index in [0.717, 1.165) is 11.3 Å². The molecule has 0 saturated heterocycles. The standard InChI is InChI=1S/C16H13Cl2NS/c1-10(14-4-2-12(17)9-15(14)18)19-13-3-5-16-11(8-13)6-7-20-16/h2-10,19H,1H3. The minimum Gasteiger partial charge on any atom is -0.378 e. The first kappa shape index (κ1) is 13.7. The van der Waals surface area contributed by atoms with Crippen LogP contribution in [-0.4, -0.2) is 0 Å². The van der Waals surface area contributed by atoms with E-state index in [0.29, 0.717) is 10.0 Å². The van der Waals surface area contributed by atoms with Gasteiger partial charge in [0.25, 0.3) is 0 Å². The Morgan fingerprint density at radius 3 is 2.70 bits per heavy atom. The lowest BCUT2D eigenvalue weighted by Crippen LogP contribution is -2.07. The fraction of sp³-hybridized carbons (Fsp3) is 0.125. The number of fused-ring (bicyclic) bond motifs is 1. The van der Waals surface area contributed by atoms with Crippen molar-refractivity contribution in [3.63, 3.8) is 0 Å². The van der Waals surface area contributed by atoms with E-state index in [1.807, 2.05) is 12.1 Å². The molecule has 0 saturated carbocycles. The van der Waals surface area contributed by atoms with E-state index in [2.05, 4.69) is 41.9 Å². The van der Waals surface area contributed by atoms with Crippen LogP contribution in [0.15, 0.2) is 47.8 Å². The van der Waals surface area contributed by atoms with Crippen molar-refractivity contribution in [2.24, 2.45) is 0 Å². The van der Waals surface area contributed by atoms with Crippen LogP contribution in [0.5, 0.6) is 0 Å². The molecule has 0 aliphatic carbocycles. The topological polar surface area (TPSA) is 12.0 Å². The number of hydrogen-bond donors (Lipinski definition) is 1. The van der Waals surface area contributed by atoms with Crippen molar-refractivity contribution in [2.75, 3.05) is 5.32 Å². The summed E-state index contributed by atoms with van der Waals surface area (Å²) in [5, 5.41) is 8.19. The quantitative estimate of drug-likeness (QED) is 0.590. The summed E-state index contributed by atoms with van der Waals surface area (Å²) in [6.07, 6.45) is 0. The molecule has 2 aromatic carbocycles. The Morgan fingerprint density at radius 1 is 1.05 bits per heavy atom. The van der Waals surface area contributed by atoms with Crippen LogP contribution in [0.3, 0.4) is 0 Å². The third kappa shape index (κ3) is 2.78. The van der Waals surface area contributed by atoms with Crippen LogP contribution in [0.25, 0.3) is 10.1 Å². The molecule has 0 spiro atoms. The van der Waals surface area contributed by atoms with Gasteiger partial charge in [-0.25, -0.2) is 0 Å². The lowest BCUT2D eigenvalue weighted by molar-refractivity contribution is 0.885. The number of halogens is 2. The van der Waals surface area contributed by atoms with Crippen molar-refractivity contribution in [3.8, 4) is 0 Å². The number of anilines is 1. The lowest BCUT2D eigenvalue weighted by atomic mass is 10.1. The third-order valence-electron chi connectivity index (χ3n) is 3.26. The highest BCUT2D eigenvalue weighted by Gasteiger charge is 2.10. The zero-order valence-electron chi connectivity index (χ0n) is 10.9. The number of nitrogens with one attached hydrogen (secondary N) is 1. The summed E-state index contributed by atoms with van der Waals surface area (Å²) < 4.78 is 1.30. The van der Waals surface area contributed by atoms with Gasteiger partial charge in [0.1, 0.15) is 0 Å². The van der Waals surface area contributed by atoms with Crippen LogP contribution in [0, 0.1) is 0 Å². The summed E-state index contributed by atoms with van der Waals surface area (Å²) in [5.41, 5.74) is 2.14. The Morgan fingerprint density at radius 2 is 1.90 bits per heavy atom. The van der Waals surface area contributed by atoms with Gasteiger partial charge in [-0.15, -0.1) is 11.3 Å². The first-order chi connectivity index (χ1) is 9.63. The van der Waals surface area contributed by atoms with Gasteiger partial charge in [-0.05, 0) is 59.7 Å². The summed E-state index contributed by atoms with van der Waals surface area (Å²) in [6, 6.07) is 14.2. The van der Waals surface area contributed by atoms with Crippen LogP contribution < -0.4 is 5.32 Å². The highest BCUT2D eigenvalue weighted by molar-refractivity contribution is 7.17. The predicted molar refractivity (Wildman–Crippen MR) is 90.3 cm³/mol. The van der Waals surface area contributed by atoms with Crippen molar-refractivity contribution < 1.29 is 0 Å². The van der Waals surface area contributed by atoms with E-state index in [9.17, 15) is 0 Å². The number of rotatable bonds is 3. The van der Waals surface area contributed by atoms with Crippen molar-refractivity contribution in [2.45, 2.75) is 13.0 Å². The summed E-state index contributed by atoms with van der Waals surface area (Å²) >= 11 is 13.9. The zero-order chi connectivity index (χ0) is 14.1. The second-order valence-electron chi connectivity index (χ2n) is 4.71. The van der Waals surface area contributed by atoms with Crippen LogP contribution in [0.4, 0.5) is 5.69 Å². The van der Waals surface area contributed by atoms with Crippen LogP contribution >= 0.6 is 34.5 Å². The molecule has 0 radical (unpaired) electrons.